The van der Waals surface area contributed by atoms with E-state index in [-0.39, 0.29) is 5.02 Å². The van der Waals surface area contributed by atoms with Gasteiger partial charge >= 0.3 is 0 Å². The molecule has 2 aromatic rings. The van der Waals surface area contributed by atoms with Gasteiger partial charge in [0.2, 0.25) is 0 Å². The Kier molecular flexibility index (Phi) is 5.47. The van der Waals surface area contributed by atoms with Gasteiger partial charge in [-0.3, -0.25) is 0 Å². The van der Waals surface area contributed by atoms with Crippen molar-refractivity contribution in [3.63, 3.8) is 0 Å². The molecule has 0 aliphatic carbocycles. The second-order valence-corrected chi connectivity index (χ2v) is 6.18. The third-order valence-electron chi connectivity index (χ3n) is 2.82. The van der Waals surface area contributed by atoms with Gasteiger partial charge in [-0.2, -0.15) is 0 Å². The molecule has 6 heteroatoms. The van der Waals surface area contributed by atoms with E-state index in [0.29, 0.717) is 32.2 Å². The Labute approximate surface area is 142 Å². The molecule has 0 fully saturated rings. The molecule has 0 heterocycles. The molecule has 2 aromatic carbocycles. The highest BCUT2D eigenvalue weighted by Crippen LogP contribution is 2.44. The van der Waals surface area contributed by atoms with Crippen LogP contribution < -0.4 is 5.32 Å². The zero-order valence-corrected chi connectivity index (χ0v) is 14.2. The van der Waals surface area contributed by atoms with Crippen LogP contribution >= 0.6 is 58.0 Å². The van der Waals surface area contributed by atoms with Gasteiger partial charge in [0.15, 0.2) is 0 Å². The summed E-state index contributed by atoms with van der Waals surface area (Å²) in [4.78, 5) is 0. The van der Waals surface area contributed by atoms with Crippen LogP contribution in [0.4, 0.5) is 0 Å². The Morgan fingerprint density at radius 3 is 2.25 bits per heavy atom. The second-order valence-electron chi connectivity index (χ2n) is 4.17. The number of hydrogen-bond acceptors (Lipinski definition) is 1. The van der Waals surface area contributed by atoms with Gasteiger partial charge in [-0.1, -0.05) is 64.1 Å². The lowest BCUT2D eigenvalue weighted by atomic mass is 9.99. The van der Waals surface area contributed by atoms with Crippen molar-refractivity contribution in [2.75, 3.05) is 7.05 Å². The van der Waals surface area contributed by atoms with E-state index in [2.05, 4.69) is 5.32 Å². The Hall–Kier alpha value is -0.150. The molecule has 1 N–H and O–H groups in total. The first-order valence-electron chi connectivity index (χ1n) is 5.72. The molecule has 2 rings (SSSR count). The molecule has 0 aliphatic rings. The molecule has 0 aromatic heterocycles. The first kappa shape index (κ1) is 16.2. The Morgan fingerprint density at radius 2 is 1.60 bits per heavy atom. The number of benzene rings is 2. The maximum Gasteiger partial charge on any atom is 0.0785 e. The van der Waals surface area contributed by atoms with Crippen LogP contribution in [0.2, 0.25) is 25.1 Å². The summed E-state index contributed by atoms with van der Waals surface area (Å²) in [7, 11) is 1.86. The molecule has 0 saturated heterocycles. The summed E-state index contributed by atoms with van der Waals surface area (Å²) >= 11 is 30.7. The summed E-state index contributed by atoms with van der Waals surface area (Å²) in [5, 5.41) is 5.05. The minimum absolute atomic E-state index is 0.281. The van der Waals surface area contributed by atoms with Crippen molar-refractivity contribution < 1.29 is 0 Å². The van der Waals surface area contributed by atoms with E-state index in [1.165, 1.54) is 0 Å². The summed E-state index contributed by atoms with van der Waals surface area (Å²) in [6.45, 7) is 0.652. The van der Waals surface area contributed by atoms with Crippen LogP contribution in [0.5, 0.6) is 0 Å². The quantitative estimate of drug-likeness (QED) is 0.492. The number of hydrogen-bond donors (Lipinski definition) is 1. The first-order chi connectivity index (χ1) is 9.45. The lowest BCUT2D eigenvalue weighted by molar-refractivity contribution is 0.819. The molecule has 1 nitrogen and oxygen atoms in total. The largest absolute Gasteiger partial charge is 0.316 e. The van der Waals surface area contributed by atoms with Crippen molar-refractivity contribution in [1.29, 1.82) is 0 Å². The van der Waals surface area contributed by atoms with Crippen molar-refractivity contribution in [2.24, 2.45) is 0 Å². The van der Waals surface area contributed by atoms with Gasteiger partial charge in [0.25, 0.3) is 0 Å². The lowest BCUT2D eigenvalue weighted by Crippen LogP contribution is -2.06. The maximum absolute atomic E-state index is 6.30. The fourth-order valence-electron chi connectivity index (χ4n) is 1.94. The van der Waals surface area contributed by atoms with Crippen molar-refractivity contribution in [1.82, 2.24) is 5.32 Å². The van der Waals surface area contributed by atoms with Crippen molar-refractivity contribution in [3.8, 4) is 11.1 Å². The number of rotatable bonds is 3. The second kappa shape index (κ2) is 6.74. The summed E-state index contributed by atoms with van der Waals surface area (Å²) in [5.74, 6) is 0. The molecule has 106 valence electrons. The van der Waals surface area contributed by atoms with Crippen LogP contribution in [0.3, 0.4) is 0 Å². The third-order valence-corrected chi connectivity index (χ3v) is 4.62. The van der Waals surface area contributed by atoms with Crippen LogP contribution in [-0.2, 0) is 6.54 Å². The van der Waals surface area contributed by atoms with Crippen LogP contribution in [0.15, 0.2) is 24.3 Å². The van der Waals surface area contributed by atoms with Crippen LogP contribution in [0.25, 0.3) is 11.1 Å². The molecule has 0 bridgehead atoms. The van der Waals surface area contributed by atoms with Crippen LogP contribution in [0.1, 0.15) is 5.56 Å². The van der Waals surface area contributed by atoms with Gasteiger partial charge in [-0.05, 0) is 36.4 Å². The zero-order valence-electron chi connectivity index (χ0n) is 10.4. The Bertz CT molecular complexity index is 654. The molecule has 0 spiro atoms. The average molecular weight is 370 g/mol. The van der Waals surface area contributed by atoms with Crippen molar-refractivity contribution in [2.45, 2.75) is 6.54 Å². The van der Waals surface area contributed by atoms with Gasteiger partial charge in [0.05, 0.1) is 20.1 Å². The summed E-state index contributed by atoms with van der Waals surface area (Å²) in [5.41, 5.74) is 2.48. The fraction of sp³-hybridized carbons (Fsp3) is 0.143. The summed E-state index contributed by atoms with van der Waals surface area (Å²) in [6, 6.07) is 7.13. The molecule has 0 saturated carbocycles. The van der Waals surface area contributed by atoms with E-state index >= 15 is 0 Å². The molecule has 0 radical (unpaired) electrons. The summed E-state index contributed by atoms with van der Waals surface area (Å²) < 4.78 is 0. The highest BCUT2D eigenvalue weighted by molar-refractivity contribution is 6.51. The van der Waals surface area contributed by atoms with Gasteiger partial charge in [-0.15, -0.1) is 0 Å². The monoisotopic (exact) mass is 367 g/mol. The zero-order chi connectivity index (χ0) is 14.9. The number of halogens is 5. The van der Waals surface area contributed by atoms with Gasteiger partial charge in [0.1, 0.15) is 0 Å². The Balaban J connectivity index is 2.74. The van der Waals surface area contributed by atoms with Crippen molar-refractivity contribution in [3.05, 3.63) is 54.9 Å². The molecule has 0 unspecified atom stereocenters. The predicted molar refractivity (Wildman–Crippen MR) is 89.7 cm³/mol. The molecule has 0 amide bonds. The standard InChI is InChI=1S/C14H10Cl5N/c1-20-6-7-2-3-8(15)4-9(7)12-10(16)5-11(17)13(18)14(12)19/h2-5,20H,6H2,1H3. The minimum atomic E-state index is 0.281. The predicted octanol–water partition coefficient (Wildman–Crippen LogP) is 6.34. The van der Waals surface area contributed by atoms with E-state index in [4.69, 9.17) is 58.0 Å². The highest BCUT2D eigenvalue weighted by Gasteiger charge is 2.18. The van der Waals surface area contributed by atoms with Crippen LogP contribution in [0, 0.1) is 0 Å². The number of nitrogens with one attached hydrogen (secondary N) is 1. The van der Waals surface area contributed by atoms with Crippen LogP contribution in [-0.4, -0.2) is 7.05 Å². The van der Waals surface area contributed by atoms with E-state index in [1.807, 2.05) is 25.2 Å². The topological polar surface area (TPSA) is 12.0 Å². The first-order valence-corrected chi connectivity index (χ1v) is 7.61. The van der Waals surface area contributed by atoms with Gasteiger partial charge in [-0.25, -0.2) is 0 Å². The third kappa shape index (κ3) is 3.19. The van der Waals surface area contributed by atoms with Crippen molar-refractivity contribution >= 4 is 58.0 Å². The molecule has 0 atom stereocenters. The smallest absolute Gasteiger partial charge is 0.0785 e. The van der Waals surface area contributed by atoms with E-state index in [9.17, 15) is 0 Å². The highest BCUT2D eigenvalue weighted by atomic mass is 35.5. The molecular weight excluding hydrogens is 359 g/mol. The van der Waals surface area contributed by atoms with Gasteiger partial charge < -0.3 is 5.32 Å². The SMILES string of the molecule is CNCc1ccc(Cl)cc1-c1c(Cl)cc(Cl)c(Cl)c1Cl. The van der Waals surface area contributed by atoms with E-state index in [1.54, 1.807) is 6.07 Å². The molecule has 0 aliphatic heterocycles. The maximum atomic E-state index is 6.30. The van der Waals surface area contributed by atoms with Gasteiger partial charge in [0, 0.05) is 17.1 Å². The normalized spacial score (nSPS) is 10.9. The lowest BCUT2D eigenvalue weighted by Gasteiger charge is -2.15. The average Bonchev–Trinajstić information content (AvgIpc) is 2.39. The molecular formula is C14H10Cl5N. The summed E-state index contributed by atoms with van der Waals surface area (Å²) in [6.07, 6.45) is 0. The Morgan fingerprint density at radius 1 is 0.900 bits per heavy atom. The van der Waals surface area contributed by atoms with E-state index < -0.39 is 0 Å². The molecule has 20 heavy (non-hydrogen) atoms. The van der Waals surface area contributed by atoms with E-state index in [0.717, 1.165) is 11.1 Å². The minimum Gasteiger partial charge on any atom is -0.316 e. The fourth-order valence-corrected chi connectivity index (χ4v) is 3.23.